The van der Waals surface area contributed by atoms with Crippen LogP contribution in [0.3, 0.4) is 0 Å². The zero-order chi connectivity index (χ0) is 12.8. The molecular weight excluding hydrogens is 335 g/mol. The molecule has 5 heteroatoms. The Bertz CT molecular complexity index is 409. The predicted octanol–water partition coefficient (Wildman–Crippen LogP) is 2.96. The molecule has 0 saturated carbocycles. The van der Waals surface area contributed by atoms with Crippen LogP contribution in [0, 0.1) is 3.57 Å². The van der Waals surface area contributed by atoms with E-state index in [4.69, 9.17) is 6.13 Å². The van der Waals surface area contributed by atoms with Gasteiger partial charge >= 0.3 is 108 Å². The van der Waals surface area contributed by atoms with Crippen LogP contribution in [-0.4, -0.2) is 11.9 Å². The Balaban J connectivity index is 2.90. The van der Waals surface area contributed by atoms with Crippen molar-refractivity contribution in [3.63, 3.8) is 0 Å². The molecular formula is C12H13IO4. The van der Waals surface area contributed by atoms with Crippen LogP contribution in [0.1, 0.15) is 19.4 Å². The standard InChI is InChI=1S/C12H13IO4/c1-4-11-5-7-12(8-6-11)13(16-9(2)14)17-10(3)15/h4-8H,1H2,2-3H3. The van der Waals surface area contributed by atoms with E-state index >= 15 is 0 Å². The predicted molar refractivity (Wildman–Crippen MR) is 72.8 cm³/mol. The fraction of sp³-hybridized carbons (Fsp3) is 0.167. The SMILES string of the molecule is C=Cc1ccc(I(OC(C)=O)OC(C)=O)cc1. The first-order chi connectivity index (χ1) is 8.02. The molecule has 0 N–H and O–H groups in total. The second-order valence-electron chi connectivity index (χ2n) is 3.11. The van der Waals surface area contributed by atoms with Crippen LogP contribution in [0.2, 0.25) is 0 Å². The summed E-state index contributed by atoms with van der Waals surface area (Å²) in [7, 11) is 0. The van der Waals surface area contributed by atoms with E-state index in [-0.39, 0.29) is 0 Å². The molecule has 0 aromatic heterocycles. The van der Waals surface area contributed by atoms with Gasteiger partial charge in [0, 0.05) is 0 Å². The van der Waals surface area contributed by atoms with E-state index in [1.54, 1.807) is 18.2 Å². The molecule has 0 aliphatic carbocycles. The number of carbonyl (C=O) groups excluding carboxylic acids is 2. The zero-order valence-electron chi connectivity index (χ0n) is 9.60. The fourth-order valence-corrected chi connectivity index (χ4v) is 3.68. The van der Waals surface area contributed by atoms with Crippen molar-refractivity contribution in [1.29, 1.82) is 0 Å². The fourth-order valence-electron chi connectivity index (χ4n) is 1.00. The molecule has 92 valence electrons. The molecule has 17 heavy (non-hydrogen) atoms. The van der Waals surface area contributed by atoms with Gasteiger partial charge in [-0.1, -0.05) is 0 Å². The van der Waals surface area contributed by atoms with Crippen LogP contribution in [0.25, 0.3) is 6.08 Å². The maximum atomic E-state index is 10.9. The molecule has 0 aliphatic heterocycles. The number of benzene rings is 1. The maximum absolute atomic E-state index is 10.9. The van der Waals surface area contributed by atoms with Crippen LogP contribution >= 0.6 is 20.6 Å². The van der Waals surface area contributed by atoms with Crippen molar-refractivity contribution in [2.75, 3.05) is 0 Å². The van der Waals surface area contributed by atoms with E-state index in [0.717, 1.165) is 9.13 Å². The van der Waals surface area contributed by atoms with Gasteiger partial charge in [-0.15, -0.1) is 0 Å². The normalized spacial score (nSPS) is 10.4. The van der Waals surface area contributed by atoms with Gasteiger partial charge in [0.25, 0.3) is 0 Å². The summed E-state index contributed by atoms with van der Waals surface area (Å²) in [5, 5.41) is 0. The molecule has 1 rings (SSSR count). The van der Waals surface area contributed by atoms with Crippen LogP contribution in [-0.2, 0) is 15.7 Å². The molecule has 0 spiro atoms. The average Bonchev–Trinajstić information content (AvgIpc) is 2.27. The summed E-state index contributed by atoms with van der Waals surface area (Å²) in [5.41, 5.74) is 0.954. The van der Waals surface area contributed by atoms with Crippen molar-refractivity contribution in [3.05, 3.63) is 40.0 Å². The molecule has 0 saturated heterocycles. The minimum atomic E-state index is -2.66. The Kier molecular flexibility index (Phi) is 5.14. The summed E-state index contributed by atoms with van der Waals surface area (Å²) in [5.74, 6) is -0.881. The number of carbonyl (C=O) groups is 2. The van der Waals surface area contributed by atoms with Gasteiger partial charge in [0.15, 0.2) is 0 Å². The first-order valence-corrected chi connectivity index (χ1v) is 7.67. The van der Waals surface area contributed by atoms with Crippen LogP contribution < -0.4 is 0 Å². The van der Waals surface area contributed by atoms with Crippen LogP contribution in [0.4, 0.5) is 0 Å². The summed E-state index contributed by atoms with van der Waals surface area (Å²) >= 11 is -2.66. The quantitative estimate of drug-likeness (QED) is 0.785. The Morgan fingerprint density at radius 1 is 1.12 bits per heavy atom. The Hall–Kier alpha value is -1.37. The summed E-state index contributed by atoms with van der Waals surface area (Å²) in [6, 6.07) is 7.24. The van der Waals surface area contributed by atoms with E-state index < -0.39 is 32.6 Å². The van der Waals surface area contributed by atoms with Crippen LogP contribution in [0.15, 0.2) is 30.8 Å². The molecule has 0 atom stereocenters. The average molecular weight is 348 g/mol. The first kappa shape index (κ1) is 13.7. The van der Waals surface area contributed by atoms with E-state index in [9.17, 15) is 9.59 Å². The molecule has 0 unspecified atom stereocenters. The summed E-state index contributed by atoms with van der Waals surface area (Å²) in [6.45, 7) is 6.24. The van der Waals surface area contributed by atoms with E-state index in [2.05, 4.69) is 6.58 Å². The molecule has 0 heterocycles. The van der Waals surface area contributed by atoms with Gasteiger partial charge in [0.2, 0.25) is 0 Å². The van der Waals surface area contributed by atoms with Gasteiger partial charge in [-0.25, -0.2) is 0 Å². The van der Waals surface area contributed by atoms with E-state index in [1.807, 2.05) is 12.1 Å². The number of halogens is 1. The minimum absolute atomic E-state index is 0.441. The van der Waals surface area contributed by atoms with Crippen molar-refractivity contribution in [2.45, 2.75) is 13.8 Å². The van der Waals surface area contributed by atoms with Gasteiger partial charge < -0.3 is 0 Å². The van der Waals surface area contributed by atoms with Crippen molar-refractivity contribution in [1.82, 2.24) is 0 Å². The summed E-state index contributed by atoms with van der Waals surface area (Å²) < 4.78 is 10.9. The zero-order valence-corrected chi connectivity index (χ0v) is 11.8. The Labute approximate surface area is 108 Å². The molecule has 0 amide bonds. The number of hydrogen-bond donors (Lipinski definition) is 0. The molecule has 4 nitrogen and oxygen atoms in total. The van der Waals surface area contributed by atoms with Gasteiger partial charge in [0.05, 0.1) is 0 Å². The monoisotopic (exact) mass is 348 g/mol. The van der Waals surface area contributed by atoms with Gasteiger partial charge in [-0.05, 0) is 0 Å². The second kappa shape index (κ2) is 6.39. The van der Waals surface area contributed by atoms with Crippen LogP contribution in [0.5, 0.6) is 0 Å². The molecule has 1 aromatic carbocycles. The second-order valence-corrected chi connectivity index (χ2v) is 6.48. The Morgan fingerprint density at radius 2 is 1.59 bits per heavy atom. The number of rotatable bonds is 4. The third-order valence-corrected chi connectivity index (χ3v) is 5.42. The van der Waals surface area contributed by atoms with Crippen molar-refractivity contribution >= 4 is 38.7 Å². The van der Waals surface area contributed by atoms with E-state index in [0.29, 0.717) is 0 Å². The van der Waals surface area contributed by atoms with Gasteiger partial charge in [-0.2, -0.15) is 0 Å². The topological polar surface area (TPSA) is 52.6 Å². The molecule has 0 aliphatic rings. The Morgan fingerprint density at radius 3 is 1.94 bits per heavy atom. The molecule has 0 fully saturated rings. The molecule has 1 aromatic rings. The first-order valence-electron chi connectivity index (χ1n) is 4.83. The van der Waals surface area contributed by atoms with Gasteiger partial charge in [-0.3, -0.25) is 0 Å². The number of hydrogen-bond acceptors (Lipinski definition) is 4. The summed E-state index contributed by atoms with van der Waals surface area (Å²) in [6.07, 6.45) is 1.71. The third kappa shape index (κ3) is 4.56. The summed E-state index contributed by atoms with van der Waals surface area (Å²) in [4.78, 5) is 21.9. The van der Waals surface area contributed by atoms with Crippen molar-refractivity contribution < 1.29 is 15.7 Å². The van der Waals surface area contributed by atoms with Crippen molar-refractivity contribution in [3.8, 4) is 0 Å². The van der Waals surface area contributed by atoms with Crippen molar-refractivity contribution in [2.24, 2.45) is 0 Å². The van der Waals surface area contributed by atoms with Gasteiger partial charge in [0.1, 0.15) is 0 Å². The van der Waals surface area contributed by atoms with E-state index in [1.165, 1.54) is 13.8 Å². The third-order valence-electron chi connectivity index (χ3n) is 1.64. The molecule has 0 bridgehead atoms. The molecule has 0 radical (unpaired) electrons.